The summed E-state index contributed by atoms with van der Waals surface area (Å²) in [5.41, 5.74) is 2.07. The molecule has 0 bridgehead atoms. The molecule has 2 aromatic rings. The van der Waals surface area contributed by atoms with E-state index in [1.165, 1.54) is 4.31 Å². The lowest BCUT2D eigenvalue weighted by Gasteiger charge is -2.31. The second-order valence-electron chi connectivity index (χ2n) is 6.75. The Kier molecular flexibility index (Phi) is 6.27. The van der Waals surface area contributed by atoms with Crippen LogP contribution in [0.2, 0.25) is 5.02 Å². The quantitative estimate of drug-likeness (QED) is 0.742. The molecular weight excluding hydrogens is 400 g/mol. The molecule has 0 spiro atoms. The summed E-state index contributed by atoms with van der Waals surface area (Å²) in [5.74, 6) is -0.256. The first kappa shape index (κ1) is 20.6. The van der Waals surface area contributed by atoms with E-state index in [4.69, 9.17) is 16.3 Å². The number of sulfonamides is 1. The second-order valence-corrected chi connectivity index (χ2v) is 9.05. The van der Waals surface area contributed by atoms with Crippen molar-refractivity contribution < 1.29 is 17.9 Å². The predicted molar refractivity (Wildman–Crippen MR) is 109 cm³/mol. The molecule has 8 heteroatoms. The number of hydrogen-bond donors (Lipinski definition) is 0. The van der Waals surface area contributed by atoms with Crippen molar-refractivity contribution in [2.45, 2.75) is 18.7 Å². The molecule has 0 aromatic heterocycles. The smallest absolute Gasteiger partial charge is 0.264 e. The van der Waals surface area contributed by atoms with Gasteiger partial charge in [0, 0.05) is 18.1 Å². The van der Waals surface area contributed by atoms with Crippen LogP contribution in [0.3, 0.4) is 0 Å². The molecule has 0 N–H and O–H groups in total. The third-order valence-corrected chi connectivity index (χ3v) is 6.69. The molecule has 1 aliphatic rings. The minimum absolute atomic E-state index is 0.141. The normalized spacial score (nSPS) is 14.8. The van der Waals surface area contributed by atoms with E-state index in [2.05, 4.69) is 0 Å². The fourth-order valence-corrected chi connectivity index (χ4v) is 4.78. The first-order chi connectivity index (χ1) is 13.3. The highest BCUT2D eigenvalue weighted by molar-refractivity contribution is 7.92. The van der Waals surface area contributed by atoms with Gasteiger partial charge in [0.2, 0.25) is 5.91 Å². The van der Waals surface area contributed by atoms with Crippen molar-refractivity contribution in [2.24, 2.45) is 0 Å². The first-order valence-corrected chi connectivity index (χ1v) is 10.8. The van der Waals surface area contributed by atoms with Crippen LogP contribution in [0.4, 0.5) is 5.69 Å². The van der Waals surface area contributed by atoms with Crippen molar-refractivity contribution in [1.82, 2.24) is 4.90 Å². The fourth-order valence-electron chi connectivity index (χ4n) is 3.07. The number of morpholine rings is 1. The third-order valence-electron chi connectivity index (χ3n) is 4.68. The molecule has 1 fully saturated rings. The Balaban J connectivity index is 2.00. The number of benzene rings is 2. The predicted octanol–water partition coefficient (Wildman–Crippen LogP) is 3.01. The van der Waals surface area contributed by atoms with Crippen LogP contribution in [-0.4, -0.2) is 52.1 Å². The molecule has 1 aliphatic heterocycles. The number of carbonyl (C=O) groups is 1. The molecule has 2 aromatic carbocycles. The zero-order valence-corrected chi connectivity index (χ0v) is 17.5. The minimum atomic E-state index is -3.93. The van der Waals surface area contributed by atoms with E-state index in [-0.39, 0.29) is 17.3 Å². The average molecular weight is 423 g/mol. The number of amides is 1. The lowest BCUT2D eigenvalue weighted by molar-refractivity contribution is -0.133. The van der Waals surface area contributed by atoms with Gasteiger partial charge in [0.1, 0.15) is 6.54 Å². The molecule has 0 aliphatic carbocycles. The molecule has 1 saturated heterocycles. The number of anilines is 1. The molecule has 0 unspecified atom stereocenters. The molecule has 3 rings (SSSR count). The van der Waals surface area contributed by atoms with Gasteiger partial charge in [-0.25, -0.2) is 8.42 Å². The van der Waals surface area contributed by atoms with Crippen molar-refractivity contribution in [3.8, 4) is 0 Å². The third kappa shape index (κ3) is 4.48. The maximum absolute atomic E-state index is 13.4. The highest BCUT2D eigenvalue weighted by Crippen LogP contribution is 2.29. The van der Waals surface area contributed by atoms with Crippen molar-refractivity contribution in [1.29, 1.82) is 0 Å². The Morgan fingerprint density at radius 3 is 2.36 bits per heavy atom. The SMILES string of the molecule is Cc1ccc(S(=O)(=O)N(CC(=O)N2CCOCC2)c2ccc(Cl)cc2C)cc1. The number of carbonyl (C=O) groups excluding carboxylic acids is 1. The minimum Gasteiger partial charge on any atom is -0.378 e. The average Bonchev–Trinajstić information content (AvgIpc) is 2.67. The van der Waals surface area contributed by atoms with Gasteiger partial charge in [-0.15, -0.1) is 0 Å². The van der Waals surface area contributed by atoms with E-state index >= 15 is 0 Å². The van der Waals surface area contributed by atoms with Crippen LogP contribution in [0.25, 0.3) is 0 Å². The number of halogens is 1. The van der Waals surface area contributed by atoms with Crippen LogP contribution in [0.5, 0.6) is 0 Å². The van der Waals surface area contributed by atoms with Gasteiger partial charge in [-0.1, -0.05) is 29.3 Å². The van der Waals surface area contributed by atoms with Gasteiger partial charge in [0.05, 0.1) is 23.8 Å². The summed E-state index contributed by atoms with van der Waals surface area (Å²) in [6, 6.07) is 11.5. The summed E-state index contributed by atoms with van der Waals surface area (Å²) in [6.45, 7) is 5.21. The van der Waals surface area contributed by atoms with E-state index in [0.29, 0.717) is 42.6 Å². The summed E-state index contributed by atoms with van der Waals surface area (Å²) in [4.78, 5) is 14.6. The van der Waals surface area contributed by atoms with Gasteiger partial charge in [0.25, 0.3) is 10.0 Å². The van der Waals surface area contributed by atoms with Gasteiger partial charge >= 0.3 is 0 Å². The summed E-state index contributed by atoms with van der Waals surface area (Å²) in [6.07, 6.45) is 0. The Hall–Kier alpha value is -2.09. The highest BCUT2D eigenvalue weighted by Gasteiger charge is 2.30. The number of hydrogen-bond acceptors (Lipinski definition) is 4. The molecule has 1 heterocycles. The van der Waals surface area contributed by atoms with Gasteiger partial charge < -0.3 is 9.64 Å². The maximum Gasteiger partial charge on any atom is 0.264 e. The van der Waals surface area contributed by atoms with Gasteiger partial charge in [-0.05, 0) is 49.7 Å². The Bertz CT molecular complexity index is 955. The topological polar surface area (TPSA) is 66.9 Å². The number of rotatable bonds is 5. The standard InChI is InChI=1S/C20H23ClN2O4S/c1-15-3-6-18(7-4-15)28(25,26)23(19-8-5-17(21)13-16(19)2)14-20(24)22-9-11-27-12-10-22/h3-8,13H,9-12,14H2,1-2H3. The van der Waals surface area contributed by atoms with E-state index in [1.807, 2.05) is 6.92 Å². The largest absolute Gasteiger partial charge is 0.378 e. The Morgan fingerprint density at radius 2 is 1.75 bits per heavy atom. The van der Waals surface area contributed by atoms with Crippen LogP contribution in [0, 0.1) is 13.8 Å². The summed E-state index contributed by atoms with van der Waals surface area (Å²) >= 11 is 6.04. The Labute approximate surface area is 170 Å². The van der Waals surface area contributed by atoms with E-state index in [1.54, 1.807) is 54.3 Å². The zero-order chi connectivity index (χ0) is 20.3. The highest BCUT2D eigenvalue weighted by atomic mass is 35.5. The van der Waals surface area contributed by atoms with Crippen LogP contribution in [0.1, 0.15) is 11.1 Å². The van der Waals surface area contributed by atoms with Crippen LogP contribution in [-0.2, 0) is 19.6 Å². The lowest BCUT2D eigenvalue weighted by Crippen LogP contribution is -2.47. The Morgan fingerprint density at radius 1 is 1.11 bits per heavy atom. The molecule has 28 heavy (non-hydrogen) atoms. The van der Waals surface area contributed by atoms with Crippen LogP contribution < -0.4 is 4.31 Å². The monoisotopic (exact) mass is 422 g/mol. The molecular formula is C20H23ClN2O4S. The van der Waals surface area contributed by atoms with Gasteiger partial charge in [-0.2, -0.15) is 0 Å². The first-order valence-electron chi connectivity index (χ1n) is 9.00. The van der Waals surface area contributed by atoms with Gasteiger partial charge in [0.15, 0.2) is 0 Å². The summed E-state index contributed by atoms with van der Waals surface area (Å²) in [5, 5.41) is 0.508. The van der Waals surface area contributed by atoms with Crippen molar-refractivity contribution in [3.63, 3.8) is 0 Å². The lowest BCUT2D eigenvalue weighted by atomic mass is 10.2. The van der Waals surface area contributed by atoms with Crippen LogP contribution in [0.15, 0.2) is 47.4 Å². The van der Waals surface area contributed by atoms with E-state index in [9.17, 15) is 13.2 Å². The van der Waals surface area contributed by atoms with E-state index in [0.717, 1.165) is 5.56 Å². The van der Waals surface area contributed by atoms with Crippen LogP contribution >= 0.6 is 11.6 Å². The molecule has 150 valence electrons. The molecule has 1 amide bonds. The zero-order valence-electron chi connectivity index (χ0n) is 15.9. The fraction of sp³-hybridized carbons (Fsp3) is 0.350. The van der Waals surface area contributed by atoms with Crippen molar-refractivity contribution >= 4 is 33.2 Å². The molecule has 0 atom stereocenters. The molecule has 0 saturated carbocycles. The number of nitrogens with zero attached hydrogens (tertiary/aromatic N) is 2. The summed E-state index contributed by atoms with van der Waals surface area (Å²) in [7, 11) is -3.93. The second kappa shape index (κ2) is 8.51. The van der Waals surface area contributed by atoms with Gasteiger partial charge in [-0.3, -0.25) is 9.10 Å². The molecule has 6 nitrogen and oxygen atoms in total. The number of aryl methyl sites for hydroxylation is 2. The van der Waals surface area contributed by atoms with Crippen molar-refractivity contribution in [3.05, 3.63) is 58.6 Å². The molecule has 0 radical (unpaired) electrons. The summed E-state index contributed by atoms with van der Waals surface area (Å²) < 4.78 is 33.2. The maximum atomic E-state index is 13.4. The number of ether oxygens (including phenoxy) is 1. The van der Waals surface area contributed by atoms with E-state index < -0.39 is 10.0 Å². The van der Waals surface area contributed by atoms with Crippen molar-refractivity contribution in [2.75, 3.05) is 37.2 Å².